The fraction of sp³-hybridized carbons (Fsp3) is 0.364. The molecule has 0 unspecified atom stereocenters. The second-order valence-corrected chi connectivity index (χ2v) is 4.48. The number of nitrogens with one attached hydrogen (secondary N) is 1. The van der Waals surface area contributed by atoms with Gasteiger partial charge in [0.15, 0.2) is 0 Å². The highest BCUT2D eigenvalue weighted by Gasteiger charge is 2.21. The lowest BCUT2D eigenvalue weighted by atomic mass is 10.1. The van der Waals surface area contributed by atoms with Crippen LogP contribution in [-0.2, 0) is 6.42 Å². The van der Waals surface area contributed by atoms with Crippen molar-refractivity contribution < 1.29 is 9.53 Å². The molecule has 3 nitrogen and oxygen atoms in total. The molecule has 1 aliphatic heterocycles. The zero-order valence-corrected chi connectivity index (χ0v) is 9.34. The van der Waals surface area contributed by atoms with Crippen molar-refractivity contribution in [1.82, 2.24) is 5.32 Å². The van der Waals surface area contributed by atoms with Crippen LogP contribution >= 0.6 is 11.8 Å². The van der Waals surface area contributed by atoms with Crippen molar-refractivity contribution in [3.8, 4) is 5.75 Å². The maximum absolute atomic E-state index is 11.0. The number of benzene rings is 1. The number of rotatable bonds is 3. The lowest BCUT2D eigenvalue weighted by Crippen LogP contribution is -2.28. The van der Waals surface area contributed by atoms with E-state index in [0.29, 0.717) is 0 Å². The average Bonchev–Trinajstić information content (AvgIpc) is 2.65. The molecule has 1 heterocycles. The summed E-state index contributed by atoms with van der Waals surface area (Å²) in [5.74, 6) is 1.73. The van der Waals surface area contributed by atoms with Gasteiger partial charge < -0.3 is 10.1 Å². The Morgan fingerprint density at radius 1 is 1.47 bits per heavy atom. The SMILES string of the molecule is COc1ccc(C[C@H]2CSC(=O)N2)cc1. The van der Waals surface area contributed by atoms with Crippen LogP contribution in [0, 0.1) is 0 Å². The quantitative estimate of drug-likeness (QED) is 0.852. The molecule has 15 heavy (non-hydrogen) atoms. The first kappa shape index (κ1) is 10.4. The minimum Gasteiger partial charge on any atom is -0.497 e. The van der Waals surface area contributed by atoms with Gasteiger partial charge >= 0.3 is 0 Å². The maximum Gasteiger partial charge on any atom is 0.279 e. The van der Waals surface area contributed by atoms with Crippen LogP contribution in [-0.4, -0.2) is 24.1 Å². The van der Waals surface area contributed by atoms with Gasteiger partial charge in [-0.15, -0.1) is 0 Å². The van der Waals surface area contributed by atoms with Gasteiger partial charge in [-0.1, -0.05) is 23.9 Å². The van der Waals surface area contributed by atoms with E-state index in [2.05, 4.69) is 5.32 Å². The molecule has 1 fully saturated rings. The summed E-state index contributed by atoms with van der Waals surface area (Å²) in [7, 11) is 1.66. The summed E-state index contributed by atoms with van der Waals surface area (Å²) in [5, 5.41) is 3.01. The van der Waals surface area contributed by atoms with Gasteiger partial charge in [-0.25, -0.2) is 0 Å². The van der Waals surface area contributed by atoms with Gasteiger partial charge in [0, 0.05) is 11.8 Å². The van der Waals surface area contributed by atoms with Gasteiger partial charge in [0.25, 0.3) is 5.24 Å². The number of thioether (sulfide) groups is 1. The van der Waals surface area contributed by atoms with Crippen molar-refractivity contribution in [2.45, 2.75) is 12.5 Å². The number of ether oxygens (including phenoxy) is 1. The Morgan fingerprint density at radius 2 is 2.20 bits per heavy atom. The molecule has 0 saturated carbocycles. The number of carbonyl (C=O) groups is 1. The summed E-state index contributed by atoms with van der Waals surface area (Å²) in [5.41, 5.74) is 1.23. The molecule has 1 aliphatic rings. The van der Waals surface area contributed by atoms with E-state index in [1.165, 1.54) is 17.3 Å². The molecule has 1 atom stereocenters. The minimum absolute atomic E-state index is 0.0912. The molecule has 0 aliphatic carbocycles. The molecule has 1 aromatic carbocycles. The number of hydrogen-bond donors (Lipinski definition) is 1. The number of methoxy groups -OCH3 is 1. The summed E-state index contributed by atoms with van der Waals surface area (Å²) in [6.07, 6.45) is 0.892. The lowest BCUT2D eigenvalue weighted by molar-refractivity contribution is 0.260. The van der Waals surface area contributed by atoms with Gasteiger partial charge in [-0.2, -0.15) is 0 Å². The Balaban J connectivity index is 1.96. The van der Waals surface area contributed by atoms with Crippen LogP contribution in [0.2, 0.25) is 0 Å². The Morgan fingerprint density at radius 3 is 2.73 bits per heavy atom. The number of hydrogen-bond acceptors (Lipinski definition) is 3. The number of amides is 1. The van der Waals surface area contributed by atoms with Crippen LogP contribution < -0.4 is 10.1 Å². The third-order valence-electron chi connectivity index (χ3n) is 2.38. The van der Waals surface area contributed by atoms with Crippen LogP contribution in [0.4, 0.5) is 4.79 Å². The normalized spacial score (nSPS) is 20.1. The van der Waals surface area contributed by atoms with Crippen molar-refractivity contribution in [3.63, 3.8) is 0 Å². The van der Waals surface area contributed by atoms with Crippen LogP contribution in [0.5, 0.6) is 5.75 Å². The van der Waals surface area contributed by atoms with Crippen molar-refractivity contribution in [3.05, 3.63) is 29.8 Å². The van der Waals surface area contributed by atoms with E-state index < -0.39 is 0 Å². The molecular weight excluding hydrogens is 210 g/mol. The molecule has 1 amide bonds. The van der Waals surface area contributed by atoms with E-state index in [1.807, 2.05) is 24.3 Å². The first-order valence-corrected chi connectivity index (χ1v) is 5.82. The van der Waals surface area contributed by atoms with Crippen molar-refractivity contribution >= 4 is 17.0 Å². The van der Waals surface area contributed by atoms with Gasteiger partial charge in [0.1, 0.15) is 5.75 Å². The van der Waals surface area contributed by atoms with Gasteiger partial charge in [-0.05, 0) is 24.1 Å². The molecule has 80 valence electrons. The summed E-state index contributed by atoms with van der Waals surface area (Å²) >= 11 is 1.36. The predicted molar refractivity (Wildman–Crippen MR) is 61.5 cm³/mol. The summed E-state index contributed by atoms with van der Waals surface area (Å²) in [4.78, 5) is 11.0. The zero-order chi connectivity index (χ0) is 10.7. The molecule has 0 aromatic heterocycles. The van der Waals surface area contributed by atoms with E-state index in [0.717, 1.165) is 17.9 Å². The molecule has 0 spiro atoms. The Hall–Kier alpha value is -1.16. The molecule has 0 radical (unpaired) electrons. The van der Waals surface area contributed by atoms with Crippen LogP contribution in [0.15, 0.2) is 24.3 Å². The first-order chi connectivity index (χ1) is 7.28. The van der Waals surface area contributed by atoms with Crippen LogP contribution in [0.25, 0.3) is 0 Å². The van der Waals surface area contributed by atoms with Crippen molar-refractivity contribution in [1.29, 1.82) is 0 Å². The second kappa shape index (κ2) is 4.57. The van der Waals surface area contributed by atoms with Crippen LogP contribution in [0.1, 0.15) is 5.56 Å². The highest BCUT2D eigenvalue weighted by molar-refractivity contribution is 8.13. The standard InChI is InChI=1S/C11H13NO2S/c1-14-10-4-2-8(3-5-10)6-9-7-15-11(13)12-9/h2-5,9H,6-7H2,1H3,(H,12,13)/t9-/m0/s1. The number of carbonyl (C=O) groups excluding carboxylic acids is 1. The molecule has 4 heteroatoms. The third-order valence-corrected chi connectivity index (χ3v) is 3.33. The second-order valence-electron chi connectivity index (χ2n) is 3.49. The summed E-state index contributed by atoms with van der Waals surface area (Å²) in [6.45, 7) is 0. The topological polar surface area (TPSA) is 38.3 Å². The van der Waals surface area contributed by atoms with Gasteiger partial charge in [0.2, 0.25) is 0 Å². The maximum atomic E-state index is 11.0. The lowest BCUT2D eigenvalue weighted by Gasteiger charge is -2.09. The zero-order valence-electron chi connectivity index (χ0n) is 8.53. The van der Waals surface area contributed by atoms with E-state index in [9.17, 15) is 4.79 Å². The van der Waals surface area contributed by atoms with E-state index >= 15 is 0 Å². The summed E-state index contributed by atoms with van der Waals surface area (Å²) in [6, 6.07) is 8.23. The average molecular weight is 223 g/mol. The monoisotopic (exact) mass is 223 g/mol. The molecule has 1 N–H and O–H groups in total. The molecule has 0 bridgehead atoms. The fourth-order valence-electron chi connectivity index (χ4n) is 1.58. The summed E-state index contributed by atoms with van der Waals surface area (Å²) < 4.78 is 5.08. The van der Waals surface area contributed by atoms with E-state index in [-0.39, 0.29) is 11.3 Å². The Bertz CT molecular complexity index is 350. The van der Waals surface area contributed by atoms with Crippen molar-refractivity contribution in [2.75, 3.05) is 12.9 Å². The van der Waals surface area contributed by atoms with E-state index in [1.54, 1.807) is 7.11 Å². The van der Waals surface area contributed by atoms with Gasteiger partial charge in [0.05, 0.1) is 7.11 Å². The molecule has 1 saturated heterocycles. The molecular formula is C11H13NO2S. The highest BCUT2D eigenvalue weighted by atomic mass is 32.2. The van der Waals surface area contributed by atoms with Crippen molar-refractivity contribution in [2.24, 2.45) is 0 Å². The fourth-order valence-corrected chi connectivity index (χ4v) is 2.39. The molecule has 1 aromatic rings. The van der Waals surface area contributed by atoms with Crippen LogP contribution in [0.3, 0.4) is 0 Å². The first-order valence-electron chi connectivity index (χ1n) is 4.84. The molecule has 2 rings (SSSR count). The Labute approximate surface area is 93.2 Å². The Kier molecular flexibility index (Phi) is 3.16. The third kappa shape index (κ3) is 2.65. The predicted octanol–water partition coefficient (Wildman–Crippen LogP) is 2.06. The largest absolute Gasteiger partial charge is 0.497 e. The smallest absolute Gasteiger partial charge is 0.279 e. The minimum atomic E-state index is 0.0912. The highest BCUT2D eigenvalue weighted by Crippen LogP contribution is 2.18. The van der Waals surface area contributed by atoms with E-state index in [4.69, 9.17) is 4.74 Å². The van der Waals surface area contributed by atoms with Gasteiger partial charge in [-0.3, -0.25) is 4.79 Å².